The van der Waals surface area contributed by atoms with Crippen LogP contribution in [0.3, 0.4) is 0 Å². The number of aromatic nitrogens is 2. The third-order valence-corrected chi connectivity index (χ3v) is 4.02. The molecule has 2 aromatic rings. The fourth-order valence-corrected chi connectivity index (χ4v) is 2.45. The molecule has 2 rings (SSSR count). The molecule has 0 saturated carbocycles. The average Bonchev–Trinajstić information content (AvgIpc) is 2.91. The fourth-order valence-electron chi connectivity index (χ4n) is 1.60. The maximum absolute atomic E-state index is 11.9. The number of nitrogen functional groups attached to an aromatic ring is 1. The van der Waals surface area contributed by atoms with Crippen molar-refractivity contribution in [2.45, 2.75) is 19.3 Å². The van der Waals surface area contributed by atoms with E-state index in [1.165, 1.54) is 17.3 Å². The Bertz CT molecular complexity index is 549. The normalized spacial score (nSPS) is 11.3. The maximum Gasteiger partial charge on any atom is 0.271 e. The number of carbonyl (C=O) groups excluding carboxylic acids is 1. The summed E-state index contributed by atoms with van der Waals surface area (Å²) in [6.45, 7) is 4.72. The van der Waals surface area contributed by atoms with E-state index in [9.17, 15) is 4.79 Å². The van der Waals surface area contributed by atoms with E-state index in [4.69, 9.17) is 5.73 Å². The van der Waals surface area contributed by atoms with Gasteiger partial charge in [0.2, 0.25) is 0 Å². The van der Waals surface area contributed by atoms with Gasteiger partial charge in [-0.05, 0) is 11.4 Å². The molecule has 0 spiro atoms. The molecular formula is C13H16N4OS. The molecule has 3 N–H and O–H groups in total. The Kier molecular flexibility index (Phi) is 3.80. The van der Waals surface area contributed by atoms with E-state index < -0.39 is 0 Å². The van der Waals surface area contributed by atoms with E-state index in [1.54, 1.807) is 11.3 Å². The number of thiophene rings is 1. The van der Waals surface area contributed by atoms with Gasteiger partial charge in [-0.1, -0.05) is 19.9 Å². The fraction of sp³-hybridized carbons (Fsp3) is 0.308. The molecule has 0 fully saturated rings. The Balaban J connectivity index is 1.99. The third kappa shape index (κ3) is 3.29. The SMILES string of the molecule is CC(C)(CNC(=O)c1cnc(N)cn1)c1cccs1. The van der Waals surface area contributed by atoms with Crippen LogP contribution in [0.1, 0.15) is 29.2 Å². The van der Waals surface area contributed by atoms with Crippen LogP contribution in [0, 0.1) is 0 Å². The summed E-state index contributed by atoms with van der Waals surface area (Å²) in [6, 6.07) is 4.08. The van der Waals surface area contributed by atoms with E-state index in [1.807, 2.05) is 11.4 Å². The lowest BCUT2D eigenvalue weighted by molar-refractivity contribution is 0.0940. The average molecular weight is 276 g/mol. The van der Waals surface area contributed by atoms with Crippen LogP contribution in [0.15, 0.2) is 29.9 Å². The van der Waals surface area contributed by atoms with Crippen molar-refractivity contribution in [3.05, 3.63) is 40.5 Å². The van der Waals surface area contributed by atoms with Crippen molar-refractivity contribution in [3.8, 4) is 0 Å². The minimum Gasteiger partial charge on any atom is -0.382 e. The van der Waals surface area contributed by atoms with Crippen LogP contribution in [-0.4, -0.2) is 22.4 Å². The van der Waals surface area contributed by atoms with Crippen LogP contribution < -0.4 is 11.1 Å². The van der Waals surface area contributed by atoms with Crippen LogP contribution in [0.2, 0.25) is 0 Å². The van der Waals surface area contributed by atoms with E-state index in [0.29, 0.717) is 12.4 Å². The Morgan fingerprint density at radius 3 is 2.79 bits per heavy atom. The number of rotatable bonds is 4. The topological polar surface area (TPSA) is 80.9 Å². The number of hydrogen-bond donors (Lipinski definition) is 2. The van der Waals surface area contributed by atoms with E-state index in [0.717, 1.165) is 0 Å². The van der Waals surface area contributed by atoms with Gasteiger partial charge in [-0.25, -0.2) is 9.97 Å². The molecule has 0 aromatic carbocycles. The second kappa shape index (κ2) is 5.36. The molecule has 0 aliphatic rings. The van der Waals surface area contributed by atoms with Gasteiger partial charge < -0.3 is 11.1 Å². The van der Waals surface area contributed by atoms with Gasteiger partial charge in [0, 0.05) is 16.8 Å². The zero-order valence-electron chi connectivity index (χ0n) is 10.9. The van der Waals surface area contributed by atoms with Crippen molar-refractivity contribution in [2.75, 3.05) is 12.3 Å². The predicted octanol–water partition coefficient (Wildman–Crippen LogP) is 1.83. The molecule has 6 heteroatoms. The first-order valence-corrected chi connectivity index (χ1v) is 6.77. The van der Waals surface area contributed by atoms with Crippen molar-refractivity contribution in [1.29, 1.82) is 0 Å². The number of nitrogens with one attached hydrogen (secondary N) is 1. The molecule has 1 amide bonds. The molecule has 2 heterocycles. The second-order valence-electron chi connectivity index (χ2n) is 4.87. The molecule has 0 bridgehead atoms. The molecule has 0 aliphatic carbocycles. The number of anilines is 1. The summed E-state index contributed by atoms with van der Waals surface area (Å²) in [5.74, 6) is 0.0626. The zero-order chi connectivity index (χ0) is 13.9. The molecule has 0 saturated heterocycles. The Labute approximate surface area is 115 Å². The zero-order valence-corrected chi connectivity index (χ0v) is 11.7. The minimum absolute atomic E-state index is 0.106. The van der Waals surface area contributed by atoms with Crippen molar-refractivity contribution in [1.82, 2.24) is 15.3 Å². The number of amides is 1. The second-order valence-corrected chi connectivity index (χ2v) is 5.82. The first-order valence-electron chi connectivity index (χ1n) is 5.89. The van der Waals surface area contributed by atoms with Gasteiger partial charge in [-0.15, -0.1) is 11.3 Å². The van der Waals surface area contributed by atoms with Crippen LogP contribution in [-0.2, 0) is 5.41 Å². The quantitative estimate of drug-likeness (QED) is 0.892. The Morgan fingerprint density at radius 2 is 2.21 bits per heavy atom. The highest BCUT2D eigenvalue weighted by atomic mass is 32.1. The first kappa shape index (κ1) is 13.5. The van der Waals surface area contributed by atoms with Gasteiger partial charge in [0.05, 0.1) is 12.4 Å². The number of nitrogens with two attached hydrogens (primary N) is 1. The van der Waals surface area contributed by atoms with Crippen LogP contribution in [0.4, 0.5) is 5.82 Å². The number of nitrogens with zero attached hydrogens (tertiary/aromatic N) is 2. The minimum atomic E-state index is -0.239. The lowest BCUT2D eigenvalue weighted by atomic mass is 9.91. The molecule has 0 unspecified atom stereocenters. The standard InChI is InChI=1S/C13H16N4OS/c1-13(2,10-4-3-5-19-10)8-17-12(18)9-6-16-11(14)7-15-9/h3-7H,8H2,1-2H3,(H2,14,16)(H,17,18). The molecule has 0 radical (unpaired) electrons. The lowest BCUT2D eigenvalue weighted by Gasteiger charge is -2.23. The maximum atomic E-state index is 11.9. The van der Waals surface area contributed by atoms with Gasteiger partial charge in [0.15, 0.2) is 0 Å². The van der Waals surface area contributed by atoms with Crippen LogP contribution in [0.5, 0.6) is 0 Å². The van der Waals surface area contributed by atoms with Crippen molar-refractivity contribution < 1.29 is 4.79 Å². The predicted molar refractivity (Wildman–Crippen MR) is 76.1 cm³/mol. The number of carbonyl (C=O) groups is 1. The third-order valence-electron chi connectivity index (χ3n) is 2.78. The summed E-state index contributed by atoms with van der Waals surface area (Å²) in [6.07, 6.45) is 2.75. The first-order chi connectivity index (χ1) is 8.99. The lowest BCUT2D eigenvalue weighted by Crippen LogP contribution is -2.36. The Hall–Kier alpha value is -1.95. The summed E-state index contributed by atoms with van der Waals surface area (Å²) >= 11 is 1.68. The van der Waals surface area contributed by atoms with Crippen LogP contribution >= 0.6 is 11.3 Å². The highest BCUT2D eigenvalue weighted by Crippen LogP contribution is 2.26. The highest BCUT2D eigenvalue weighted by molar-refractivity contribution is 7.10. The monoisotopic (exact) mass is 276 g/mol. The molecule has 0 aliphatic heterocycles. The van der Waals surface area contributed by atoms with Crippen LogP contribution in [0.25, 0.3) is 0 Å². The number of hydrogen-bond acceptors (Lipinski definition) is 5. The van der Waals surface area contributed by atoms with E-state index in [-0.39, 0.29) is 17.0 Å². The smallest absolute Gasteiger partial charge is 0.271 e. The Morgan fingerprint density at radius 1 is 1.42 bits per heavy atom. The van der Waals surface area contributed by atoms with Gasteiger partial charge in [-0.2, -0.15) is 0 Å². The summed E-state index contributed by atoms with van der Waals surface area (Å²) in [7, 11) is 0. The molecule has 100 valence electrons. The van der Waals surface area contributed by atoms with Gasteiger partial charge in [-0.3, -0.25) is 4.79 Å². The summed E-state index contributed by atoms with van der Waals surface area (Å²) in [4.78, 5) is 20.9. The van der Waals surface area contributed by atoms with Crippen molar-refractivity contribution in [3.63, 3.8) is 0 Å². The van der Waals surface area contributed by atoms with E-state index in [2.05, 4.69) is 35.2 Å². The largest absolute Gasteiger partial charge is 0.382 e. The molecule has 2 aromatic heterocycles. The molecule has 5 nitrogen and oxygen atoms in total. The summed E-state index contributed by atoms with van der Waals surface area (Å²) < 4.78 is 0. The van der Waals surface area contributed by atoms with Gasteiger partial charge in [0.1, 0.15) is 11.5 Å². The summed E-state index contributed by atoms with van der Waals surface area (Å²) in [5, 5.41) is 4.90. The highest BCUT2D eigenvalue weighted by Gasteiger charge is 2.22. The molecule has 0 atom stereocenters. The summed E-state index contributed by atoms with van der Waals surface area (Å²) in [5.41, 5.74) is 5.60. The van der Waals surface area contributed by atoms with E-state index >= 15 is 0 Å². The van der Waals surface area contributed by atoms with Gasteiger partial charge in [0.25, 0.3) is 5.91 Å². The van der Waals surface area contributed by atoms with Crippen molar-refractivity contribution >= 4 is 23.1 Å². The molecule has 19 heavy (non-hydrogen) atoms. The van der Waals surface area contributed by atoms with Crippen molar-refractivity contribution in [2.24, 2.45) is 0 Å². The molecular weight excluding hydrogens is 260 g/mol. The van der Waals surface area contributed by atoms with Gasteiger partial charge >= 0.3 is 0 Å².